The first-order chi connectivity index (χ1) is 32.6. The van der Waals surface area contributed by atoms with Crippen molar-refractivity contribution in [1.29, 1.82) is 5.26 Å². The number of aromatic nitrogens is 1. The number of amides is 3. The van der Waals surface area contributed by atoms with Gasteiger partial charge in [0.25, 0.3) is 5.91 Å². The second-order valence-corrected chi connectivity index (χ2v) is 20.5. The van der Waals surface area contributed by atoms with Gasteiger partial charge < -0.3 is 44.4 Å². The number of likely N-dealkylation sites (tertiary alicyclic amines) is 1. The molecular formula is C54H64N6O9. The van der Waals surface area contributed by atoms with Gasteiger partial charge in [0.2, 0.25) is 11.8 Å². The predicted molar refractivity (Wildman–Crippen MR) is 259 cm³/mol. The molecule has 69 heavy (non-hydrogen) atoms. The van der Waals surface area contributed by atoms with Crippen molar-refractivity contribution < 1.29 is 43.2 Å². The fraction of sp³-hybridized carbons (Fsp3) is 0.426. The molecule has 0 radical (unpaired) electrons. The van der Waals surface area contributed by atoms with Crippen LogP contribution in [0.25, 0.3) is 11.3 Å². The Bertz CT molecular complexity index is 2630. The van der Waals surface area contributed by atoms with Crippen LogP contribution in [-0.4, -0.2) is 87.5 Å². The van der Waals surface area contributed by atoms with E-state index in [9.17, 15) is 29.9 Å². The predicted octanol–water partition coefficient (Wildman–Crippen LogP) is 7.35. The second kappa shape index (κ2) is 20.6. The van der Waals surface area contributed by atoms with Crippen LogP contribution < -0.4 is 25.4 Å². The average molecular weight is 941 g/mol. The van der Waals surface area contributed by atoms with E-state index in [2.05, 4.69) is 54.7 Å². The number of aliphatic hydroxyl groups excluding tert-OH is 2. The molecule has 0 bridgehead atoms. The molecule has 2 unspecified atom stereocenters. The summed E-state index contributed by atoms with van der Waals surface area (Å²) in [5.41, 5.74) is 3.89. The van der Waals surface area contributed by atoms with Crippen LogP contribution in [0.1, 0.15) is 93.2 Å². The van der Waals surface area contributed by atoms with E-state index in [1.807, 2.05) is 83.1 Å². The molecule has 4 aromatic carbocycles. The topological polar surface area (TPSA) is 209 Å². The van der Waals surface area contributed by atoms with Crippen molar-refractivity contribution in [2.75, 3.05) is 13.2 Å². The molecule has 3 amide bonds. The molecule has 0 spiro atoms. The minimum Gasteiger partial charge on any atom is -0.489 e. The van der Waals surface area contributed by atoms with Crippen molar-refractivity contribution in [2.45, 2.75) is 118 Å². The van der Waals surface area contributed by atoms with Crippen LogP contribution in [0.5, 0.6) is 17.2 Å². The summed E-state index contributed by atoms with van der Waals surface area (Å²) in [5, 5.41) is 40.3. The van der Waals surface area contributed by atoms with Gasteiger partial charge in [-0.25, -0.2) is 4.98 Å². The molecule has 5 N–H and O–H groups in total. The van der Waals surface area contributed by atoms with Crippen LogP contribution in [0.2, 0.25) is 0 Å². The van der Waals surface area contributed by atoms with Crippen molar-refractivity contribution in [3.8, 4) is 34.6 Å². The van der Waals surface area contributed by atoms with Gasteiger partial charge in [-0.05, 0) is 97.0 Å². The molecule has 2 aliphatic rings. The third-order valence-electron chi connectivity index (χ3n) is 13.3. The number of carbonyl (C=O) groups excluding carboxylic acids is 3. The Balaban J connectivity index is 0.859. The van der Waals surface area contributed by atoms with Crippen molar-refractivity contribution in [3.05, 3.63) is 131 Å². The molecule has 1 aromatic heterocycles. The summed E-state index contributed by atoms with van der Waals surface area (Å²) in [6.45, 7) is 17.8. The Morgan fingerprint density at radius 3 is 2.13 bits per heavy atom. The number of aliphatic hydroxyl groups is 2. The van der Waals surface area contributed by atoms with Gasteiger partial charge in [-0.15, -0.1) is 0 Å². The summed E-state index contributed by atoms with van der Waals surface area (Å²) < 4.78 is 23.7. The highest BCUT2D eigenvalue weighted by Crippen LogP contribution is 2.55. The number of oxazole rings is 1. The van der Waals surface area contributed by atoms with Gasteiger partial charge in [0.15, 0.2) is 12.2 Å². The number of benzene rings is 4. The number of nitrogens with zero attached hydrogens (tertiary/aromatic N) is 3. The highest BCUT2D eigenvalue weighted by molar-refractivity contribution is 5.94. The molecule has 1 saturated carbocycles. The summed E-state index contributed by atoms with van der Waals surface area (Å²) in [6.07, 6.45) is -0.569. The maximum atomic E-state index is 14.1. The van der Waals surface area contributed by atoms with Gasteiger partial charge in [0.1, 0.15) is 42.2 Å². The van der Waals surface area contributed by atoms with Gasteiger partial charge in [0, 0.05) is 41.1 Å². The molecule has 364 valence electrons. The molecule has 1 aliphatic carbocycles. The SMILES string of the molecule is Cc1cc(OC2C(C)(C)C(NC(=O)c3ccc(Oc4ccc(COCC(=O)NC(C(=O)N5C[C@H](O)C[C@H]5C(O)NCc5ccc(-c6ocnc6C)cc5)C(C)(C)C)cc4)cc3)C2(C)C)ccc1C#N. The fourth-order valence-electron chi connectivity index (χ4n) is 9.84. The average Bonchev–Trinajstić information content (AvgIpc) is 3.93. The van der Waals surface area contributed by atoms with Crippen LogP contribution in [-0.2, 0) is 27.5 Å². The number of nitrogens with one attached hydrogen (secondary N) is 3. The molecule has 1 saturated heterocycles. The van der Waals surface area contributed by atoms with Crippen LogP contribution in [0.15, 0.2) is 102 Å². The zero-order valence-electron chi connectivity index (χ0n) is 40.8. The van der Waals surface area contributed by atoms with Gasteiger partial charge in [-0.3, -0.25) is 19.7 Å². The van der Waals surface area contributed by atoms with Crippen molar-refractivity contribution in [1.82, 2.24) is 25.8 Å². The summed E-state index contributed by atoms with van der Waals surface area (Å²) in [4.78, 5) is 46.4. The van der Waals surface area contributed by atoms with E-state index in [1.165, 1.54) is 11.3 Å². The first-order valence-electron chi connectivity index (χ1n) is 23.3. The van der Waals surface area contributed by atoms with Gasteiger partial charge >= 0.3 is 0 Å². The monoisotopic (exact) mass is 940 g/mol. The quantitative estimate of drug-likeness (QED) is 0.0580. The van der Waals surface area contributed by atoms with E-state index in [0.717, 1.165) is 27.9 Å². The van der Waals surface area contributed by atoms with E-state index in [4.69, 9.17) is 18.6 Å². The lowest BCUT2D eigenvalue weighted by atomic mass is 9.49. The molecule has 15 heteroatoms. The molecule has 5 aromatic rings. The number of carbonyl (C=O) groups is 3. The molecular weight excluding hydrogens is 877 g/mol. The minimum atomic E-state index is -1.14. The highest BCUT2D eigenvalue weighted by Gasteiger charge is 2.64. The van der Waals surface area contributed by atoms with Crippen LogP contribution in [0.3, 0.4) is 0 Å². The molecule has 1 aliphatic heterocycles. The van der Waals surface area contributed by atoms with Crippen LogP contribution >= 0.6 is 0 Å². The Kier molecular flexibility index (Phi) is 15.0. The largest absolute Gasteiger partial charge is 0.489 e. The lowest BCUT2D eigenvalue weighted by Gasteiger charge is -2.63. The fourth-order valence-corrected chi connectivity index (χ4v) is 9.84. The van der Waals surface area contributed by atoms with E-state index >= 15 is 0 Å². The summed E-state index contributed by atoms with van der Waals surface area (Å²) in [6, 6.07) is 27.6. The van der Waals surface area contributed by atoms with Crippen LogP contribution in [0, 0.1) is 41.4 Å². The van der Waals surface area contributed by atoms with E-state index in [-0.39, 0.29) is 55.1 Å². The van der Waals surface area contributed by atoms with Gasteiger partial charge in [0.05, 0.1) is 36.1 Å². The lowest BCUT2D eigenvalue weighted by molar-refractivity contribution is -0.164. The maximum Gasteiger partial charge on any atom is 0.251 e. The zero-order valence-corrected chi connectivity index (χ0v) is 40.8. The molecule has 2 heterocycles. The number of hydrogen-bond donors (Lipinski definition) is 5. The molecule has 7 rings (SSSR count). The Morgan fingerprint density at radius 2 is 1.54 bits per heavy atom. The van der Waals surface area contributed by atoms with Crippen molar-refractivity contribution >= 4 is 17.7 Å². The van der Waals surface area contributed by atoms with E-state index in [1.54, 1.807) is 42.5 Å². The number of hydrogen-bond acceptors (Lipinski definition) is 12. The van der Waals surface area contributed by atoms with Crippen molar-refractivity contribution in [3.63, 3.8) is 0 Å². The van der Waals surface area contributed by atoms with Crippen molar-refractivity contribution in [2.24, 2.45) is 16.2 Å². The smallest absolute Gasteiger partial charge is 0.251 e. The zero-order chi connectivity index (χ0) is 49.8. The normalized spacial score (nSPS) is 20.2. The van der Waals surface area contributed by atoms with Crippen LogP contribution in [0.4, 0.5) is 0 Å². The maximum absolute atomic E-state index is 14.1. The molecule has 4 atom stereocenters. The van der Waals surface area contributed by atoms with E-state index < -0.39 is 41.6 Å². The Labute approximate surface area is 404 Å². The van der Waals surface area contributed by atoms with E-state index in [0.29, 0.717) is 40.7 Å². The van der Waals surface area contributed by atoms with Gasteiger partial charge in [-0.1, -0.05) is 84.9 Å². The first kappa shape index (κ1) is 50.3. The number of β-amino-alcohol motifs (C(OH)–C–C–N with tert-alkyl or cyclic N) is 1. The highest BCUT2D eigenvalue weighted by atomic mass is 16.5. The number of aryl methyl sites for hydroxylation is 2. The minimum absolute atomic E-state index is 0.0211. The number of rotatable bonds is 17. The second-order valence-electron chi connectivity index (χ2n) is 20.5. The third kappa shape index (κ3) is 11.5. The summed E-state index contributed by atoms with van der Waals surface area (Å²) in [7, 11) is 0. The summed E-state index contributed by atoms with van der Waals surface area (Å²) >= 11 is 0. The number of ether oxygens (including phenoxy) is 3. The Hall–Kier alpha value is -6.57. The first-order valence-corrected chi connectivity index (χ1v) is 23.3. The van der Waals surface area contributed by atoms with Gasteiger partial charge in [-0.2, -0.15) is 5.26 Å². The Morgan fingerprint density at radius 1 is 0.913 bits per heavy atom. The standard InChI is InChI=1S/C54H64N6O9/c1-32-24-42(23-18-38(32)26-55)69-51-53(6,7)50(54(51,8)9)59-47(63)37-16-21-41(22-17-37)68-40-19-12-35(13-20-40)29-66-30-44(62)58-46(52(3,4)5)49(65)60-28-39(61)25-43(60)48(64)56-27-34-10-14-36(15-11-34)45-33(2)57-31-67-45/h10-24,31,39,43,46,48,50-51,56,61,64H,25,27-30H2,1-9H3,(H,58,62)(H,59,63)/t39-,43+,46?,48?,50?,51?/m1/s1. The third-order valence-corrected chi connectivity index (χ3v) is 13.3. The molecule has 2 fully saturated rings. The lowest BCUT2D eigenvalue weighted by Crippen LogP contribution is -2.74. The summed E-state index contributed by atoms with van der Waals surface area (Å²) in [5.74, 6) is 1.42. The molecule has 15 nitrogen and oxygen atoms in total. The number of nitriles is 1.